The van der Waals surface area contributed by atoms with Gasteiger partial charge in [0.2, 0.25) is 0 Å². The van der Waals surface area contributed by atoms with Gasteiger partial charge in [-0.2, -0.15) is 0 Å². The number of aliphatic hydroxyl groups is 1. The van der Waals surface area contributed by atoms with Gasteiger partial charge in [-0.15, -0.1) is 0 Å². The lowest BCUT2D eigenvalue weighted by atomic mass is 10.2. The number of hydrogen-bond donors (Lipinski definition) is 3. The molecule has 6 nitrogen and oxygen atoms in total. The molecule has 0 aliphatic heterocycles. The van der Waals surface area contributed by atoms with Crippen LogP contribution in [-0.2, 0) is 0 Å². The molecule has 1 saturated carbocycles. The van der Waals surface area contributed by atoms with Crippen LogP contribution in [0, 0.1) is 0 Å². The third-order valence-corrected chi connectivity index (χ3v) is 4.19. The van der Waals surface area contributed by atoms with Crippen molar-refractivity contribution in [3.8, 4) is 0 Å². The van der Waals surface area contributed by atoms with E-state index in [-0.39, 0.29) is 30.4 Å². The lowest BCUT2D eigenvalue weighted by Gasteiger charge is -2.22. The maximum atomic E-state index is 12.3. The molecular formula is C13H14Br2N2O4. The smallest absolute Gasteiger partial charge is 0.337 e. The van der Waals surface area contributed by atoms with Crippen molar-refractivity contribution in [3.63, 3.8) is 0 Å². The van der Waals surface area contributed by atoms with Gasteiger partial charge in [0, 0.05) is 21.5 Å². The second-order valence-corrected chi connectivity index (χ2v) is 6.46. The zero-order chi connectivity index (χ0) is 15.6. The summed E-state index contributed by atoms with van der Waals surface area (Å²) in [6.45, 7) is 0.101. The minimum atomic E-state index is -1.13. The normalized spacial score (nSPS) is 13.9. The minimum absolute atomic E-state index is 0.00987. The maximum absolute atomic E-state index is 12.3. The van der Waals surface area contributed by atoms with Gasteiger partial charge < -0.3 is 20.4 Å². The Kier molecular flexibility index (Phi) is 5.23. The molecule has 1 aliphatic carbocycles. The van der Waals surface area contributed by atoms with Crippen molar-refractivity contribution in [3.05, 3.63) is 26.6 Å². The molecule has 0 unspecified atom stereocenters. The molecule has 1 aromatic rings. The number of carboxylic acids is 1. The summed E-state index contributed by atoms with van der Waals surface area (Å²) in [5, 5.41) is 20.9. The highest BCUT2D eigenvalue weighted by Crippen LogP contribution is 2.32. The Labute approximate surface area is 138 Å². The van der Waals surface area contributed by atoms with Crippen LogP contribution >= 0.6 is 31.9 Å². The van der Waals surface area contributed by atoms with E-state index in [0.29, 0.717) is 8.95 Å². The molecule has 1 fully saturated rings. The van der Waals surface area contributed by atoms with Crippen molar-refractivity contribution in [2.75, 3.05) is 18.5 Å². The molecule has 1 aromatic carbocycles. The first kappa shape index (κ1) is 16.3. The molecule has 2 amide bonds. The van der Waals surface area contributed by atoms with Gasteiger partial charge in [-0.3, -0.25) is 0 Å². The van der Waals surface area contributed by atoms with Gasteiger partial charge >= 0.3 is 12.0 Å². The van der Waals surface area contributed by atoms with Gasteiger partial charge in [-0.1, -0.05) is 15.9 Å². The van der Waals surface area contributed by atoms with E-state index in [1.165, 1.54) is 11.0 Å². The molecule has 114 valence electrons. The number of hydrogen-bond acceptors (Lipinski definition) is 3. The number of urea groups is 1. The lowest BCUT2D eigenvalue weighted by molar-refractivity contribution is 0.0698. The second kappa shape index (κ2) is 6.76. The topological polar surface area (TPSA) is 89.9 Å². The number of anilines is 1. The van der Waals surface area contributed by atoms with Crippen LogP contribution < -0.4 is 5.32 Å². The van der Waals surface area contributed by atoms with Crippen LogP contribution in [0.4, 0.5) is 10.5 Å². The van der Waals surface area contributed by atoms with Crippen LogP contribution in [0.2, 0.25) is 0 Å². The van der Waals surface area contributed by atoms with E-state index in [9.17, 15) is 14.7 Å². The molecular weight excluding hydrogens is 408 g/mol. The van der Waals surface area contributed by atoms with Gasteiger partial charge in [0.05, 0.1) is 17.9 Å². The number of halogens is 2. The zero-order valence-electron chi connectivity index (χ0n) is 11.0. The number of nitrogens with one attached hydrogen (secondary N) is 1. The summed E-state index contributed by atoms with van der Waals surface area (Å²) in [7, 11) is 0. The van der Waals surface area contributed by atoms with Crippen LogP contribution in [0.3, 0.4) is 0 Å². The third-order valence-electron chi connectivity index (χ3n) is 3.11. The van der Waals surface area contributed by atoms with Crippen LogP contribution in [0.5, 0.6) is 0 Å². The van der Waals surface area contributed by atoms with Crippen LogP contribution in [0.25, 0.3) is 0 Å². The predicted octanol–water partition coefficient (Wildman–Crippen LogP) is 2.90. The molecule has 1 aliphatic rings. The molecule has 0 radical (unpaired) electrons. The number of carboxylic acid groups (broad SMARTS) is 1. The highest BCUT2D eigenvalue weighted by Gasteiger charge is 2.32. The SMILES string of the molecule is O=C(O)c1cc(Br)cc(Br)c1NC(=O)N(CCO)C1CC1. The second-order valence-electron chi connectivity index (χ2n) is 4.69. The molecule has 0 spiro atoms. The van der Waals surface area contributed by atoms with E-state index in [1.54, 1.807) is 6.07 Å². The van der Waals surface area contributed by atoms with E-state index in [2.05, 4.69) is 37.2 Å². The molecule has 0 bridgehead atoms. The monoisotopic (exact) mass is 420 g/mol. The number of aliphatic hydroxyl groups excluding tert-OH is 1. The molecule has 0 atom stereocenters. The van der Waals surface area contributed by atoms with Gasteiger partial charge in [0.25, 0.3) is 0 Å². The maximum Gasteiger partial charge on any atom is 0.337 e. The summed E-state index contributed by atoms with van der Waals surface area (Å²) >= 11 is 6.48. The number of nitrogens with zero attached hydrogens (tertiary/aromatic N) is 1. The third kappa shape index (κ3) is 3.96. The largest absolute Gasteiger partial charge is 0.478 e. The zero-order valence-corrected chi connectivity index (χ0v) is 14.1. The van der Waals surface area contributed by atoms with Crippen molar-refractivity contribution in [1.29, 1.82) is 0 Å². The average Bonchev–Trinajstić information content (AvgIpc) is 3.22. The number of aromatic carboxylic acids is 1. The molecule has 3 N–H and O–H groups in total. The molecule has 0 aromatic heterocycles. The first-order chi connectivity index (χ1) is 9.93. The van der Waals surface area contributed by atoms with Crippen molar-refractivity contribution in [2.45, 2.75) is 18.9 Å². The molecule has 8 heteroatoms. The van der Waals surface area contributed by atoms with Crippen molar-refractivity contribution >= 4 is 49.5 Å². The Bertz CT molecular complexity index is 576. The summed E-state index contributed by atoms with van der Waals surface area (Å²) in [4.78, 5) is 25.1. The van der Waals surface area contributed by atoms with Gasteiger partial charge in [0.1, 0.15) is 0 Å². The fraction of sp³-hybridized carbons (Fsp3) is 0.385. The first-order valence-corrected chi connectivity index (χ1v) is 7.93. The summed E-state index contributed by atoms with van der Waals surface area (Å²) in [5.74, 6) is -1.13. The van der Waals surface area contributed by atoms with Gasteiger partial charge in [0.15, 0.2) is 0 Å². The summed E-state index contributed by atoms with van der Waals surface area (Å²) in [6.07, 6.45) is 1.81. The standard InChI is InChI=1S/C13H14Br2N2O4/c14-7-5-9(12(19)20)11(10(15)6-7)16-13(21)17(3-4-18)8-1-2-8/h5-6,8,18H,1-4H2,(H,16,21)(H,19,20). The van der Waals surface area contributed by atoms with Crippen LogP contribution in [-0.4, -0.2) is 46.3 Å². The molecule has 2 rings (SSSR count). The number of amides is 2. The number of rotatable bonds is 5. The molecule has 0 saturated heterocycles. The van der Waals surface area contributed by atoms with E-state index >= 15 is 0 Å². The van der Waals surface area contributed by atoms with Crippen molar-refractivity contribution in [1.82, 2.24) is 4.90 Å². The molecule has 0 heterocycles. The number of carbonyl (C=O) groups is 2. The fourth-order valence-electron chi connectivity index (χ4n) is 1.99. The number of benzene rings is 1. The first-order valence-electron chi connectivity index (χ1n) is 6.35. The van der Waals surface area contributed by atoms with Gasteiger partial charge in [-0.05, 0) is 40.9 Å². The Hall–Kier alpha value is -1.12. The Balaban J connectivity index is 2.25. The summed E-state index contributed by atoms with van der Waals surface area (Å²) < 4.78 is 1.07. The van der Waals surface area contributed by atoms with E-state index in [1.807, 2.05) is 0 Å². The van der Waals surface area contributed by atoms with Crippen molar-refractivity contribution in [2.24, 2.45) is 0 Å². The quantitative estimate of drug-likeness (QED) is 0.681. The number of carbonyl (C=O) groups excluding carboxylic acids is 1. The van der Waals surface area contributed by atoms with Crippen LogP contribution in [0.15, 0.2) is 21.1 Å². The van der Waals surface area contributed by atoms with E-state index in [4.69, 9.17) is 5.11 Å². The van der Waals surface area contributed by atoms with Crippen LogP contribution in [0.1, 0.15) is 23.2 Å². The Morgan fingerprint density at radius 3 is 2.52 bits per heavy atom. The highest BCUT2D eigenvalue weighted by molar-refractivity contribution is 9.11. The highest BCUT2D eigenvalue weighted by atomic mass is 79.9. The van der Waals surface area contributed by atoms with Crippen molar-refractivity contribution < 1.29 is 19.8 Å². The average molecular weight is 422 g/mol. The Morgan fingerprint density at radius 2 is 2.00 bits per heavy atom. The minimum Gasteiger partial charge on any atom is -0.478 e. The van der Waals surface area contributed by atoms with E-state index < -0.39 is 12.0 Å². The van der Waals surface area contributed by atoms with E-state index in [0.717, 1.165) is 12.8 Å². The summed E-state index contributed by atoms with van der Waals surface area (Å²) in [6, 6.07) is 2.81. The lowest BCUT2D eigenvalue weighted by Crippen LogP contribution is -2.39. The Morgan fingerprint density at radius 1 is 1.33 bits per heavy atom. The predicted molar refractivity (Wildman–Crippen MR) is 84.6 cm³/mol. The molecule has 21 heavy (non-hydrogen) atoms. The van der Waals surface area contributed by atoms with Gasteiger partial charge in [-0.25, -0.2) is 9.59 Å². The summed E-state index contributed by atoms with van der Waals surface area (Å²) in [5.41, 5.74) is 0.198. The fourth-order valence-corrected chi connectivity index (χ4v) is 3.32.